The van der Waals surface area contributed by atoms with Crippen molar-refractivity contribution in [3.8, 4) is 5.82 Å². The van der Waals surface area contributed by atoms with E-state index in [9.17, 15) is 13.6 Å². The van der Waals surface area contributed by atoms with E-state index in [0.717, 1.165) is 12.8 Å². The van der Waals surface area contributed by atoms with Crippen LogP contribution in [-0.4, -0.2) is 89.4 Å². The number of amides is 1. The number of likely N-dealkylation sites (N-methyl/N-ethyl adjacent to an activating group) is 1. The number of nitrogens with one attached hydrogen (secondary N) is 2. The smallest absolute Gasteiger partial charge is 0.296 e. The average molecular weight is 501 g/mol. The third kappa shape index (κ3) is 5.24. The first-order chi connectivity index (χ1) is 17.4. The van der Waals surface area contributed by atoms with E-state index in [1.165, 1.54) is 4.57 Å². The van der Waals surface area contributed by atoms with Crippen LogP contribution in [0.1, 0.15) is 25.1 Å². The van der Waals surface area contributed by atoms with E-state index < -0.39 is 6.43 Å². The highest BCUT2D eigenvalue weighted by Crippen LogP contribution is 2.30. The number of carbonyl (C=O) groups excluding carboxylic acids is 1. The minimum atomic E-state index is -2.77. The number of anilines is 2. The molecular weight excluding hydrogens is 470 g/mol. The fourth-order valence-corrected chi connectivity index (χ4v) is 4.58. The molecule has 2 aromatic heterocycles. The first kappa shape index (κ1) is 24.3. The van der Waals surface area contributed by atoms with Crippen LogP contribution in [0.3, 0.4) is 0 Å². The lowest BCUT2D eigenvalue weighted by atomic mass is 9.87. The second kappa shape index (κ2) is 10.3. The Kier molecular flexibility index (Phi) is 6.97. The van der Waals surface area contributed by atoms with Gasteiger partial charge in [-0.3, -0.25) is 9.36 Å². The molecule has 1 aliphatic heterocycles. The maximum atomic E-state index is 14.0. The van der Waals surface area contributed by atoms with Crippen molar-refractivity contribution in [2.45, 2.75) is 31.4 Å². The standard InChI is InChI=1S/C24H30F2N8O2/c1-32(2)14-21(35)27-15-11-16(12-15)28-24-30-19(33-7-9-36-10-8-33)13-20(31-24)34-18-6-4-3-5-17(18)29-23(34)22(25)26/h3-6,13,15-16,22H,7-12,14H2,1-2H3,(H,27,35)(H,28,30,31). The third-order valence-electron chi connectivity index (χ3n) is 6.34. The first-order valence-corrected chi connectivity index (χ1v) is 12.1. The Morgan fingerprint density at radius 1 is 1.11 bits per heavy atom. The fraction of sp³-hybridized carbons (Fsp3) is 0.500. The van der Waals surface area contributed by atoms with Gasteiger partial charge in [-0.05, 0) is 39.1 Å². The molecule has 1 aliphatic carbocycles. The van der Waals surface area contributed by atoms with Crippen LogP contribution in [0, 0.1) is 0 Å². The Hall–Kier alpha value is -3.38. The number of aromatic nitrogens is 4. The highest BCUT2D eigenvalue weighted by molar-refractivity contribution is 5.79. The van der Waals surface area contributed by atoms with Crippen molar-refractivity contribution in [1.29, 1.82) is 0 Å². The molecule has 0 radical (unpaired) electrons. The van der Waals surface area contributed by atoms with Crippen molar-refractivity contribution >= 4 is 28.7 Å². The minimum Gasteiger partial charge on any atom is -0.378 e. The molecule has 0 bridgehead atoms. The minimum absolute atomic E-state index is 0.0113. The van der Waals surface area contributed by atoms with E-state index in [1.807, 2.05) is 19.0 Å². The summed E-state index contributed by atoms with van der Waals surface area (Å²) in [6, 6.07) is 8.90. The molecular formula is C24H30F2N8O2. The zero-order valence-corrected chi connectivity index (χ0v) is 20.3. The number of alkyl halides is 2. The summed E-state index contributed by atoms with van der Waals surface area (Å²) in [5.74, 6) is 0.950. The lowest BCUT2D eigenvalue weighted by Crippen LogP contribution is -2.51. The average Bonchev–Trinajstić information content (AvgIpc) is 3.23. The van der Waals surface area contributed by atoms with Crippen LogP contribution >= 0.6 is 0 Å². The van der Waals surface area contributed by atoms with Gasteiger partial charge in [-0.2, -0.15) is 9.97 Å². The zero-order chi connectivity index (χ0) is 25.2. The largest absolute Gasteiger partial charge is 0.378 e. The van der Waals surface area contributed by atoms with Crippen LogP contribution in [-0.2, 0) is 9.53 Å². The number of fused-ring (bicyclic) bond motifs is 1. The van der Waals surface area contributed by atoms with Gasteiger partial charge in [-0.15, -0.1) is 0 Å². The number of benzene rings is 1. The van der Waals surface area contributed by atoms with Crippen molar-refractivity contribution in [2.24, 2.45) is 0 Å². The highest BCUT2D eigenvalue weighted by Gasteiger charge is 2.31. The van der Waals surface area contributed by atoms with Crippen LogP contribution in [0.25, 0.3) is 16.9 Å². The van der Waals surface area contributed by atoms with E-state index in [0.29, 0.717) is 61.5 Å². The van der Waals surface area contributed by atoms with Crippen LogP contribution in [0.4, 0.5) is 20.5 Å². The molecule has 5 rings (SSSR count). The lowest BCUT2D eigenvalue weighted by molar-refractivity contribution is -0.122. The van der Waals surface area contributed by atoms with Gasteiger partial charge >= 0.3 is 0 Å². The molecule has 3 aromatic rings. The maximum Gasteiger partial charge on any atom is 0.296 e. The number of nitrogens with zero attached hydrogens (tertiary/aromatic N) is 6. The molecule has 0 spiro atoms. The Morgan fingerprint density at radius 2 is 1.83 bits per heavy atom. The molecule has 3 heterocycles. The van der Waals surface area contributed by atoms with Gasteiger partial charge in [0.05, 0.1) is 30.8 Å². The Bertz CT molecular complexity index is 1220. The zero-order valence-electron chi connectivity index (χ0n) is 20.3. The summed E-state index contributed by atoms with van der Waals surface area (Å²) in [5.41, 5.74) is 1.03. The summed E-state index contributed by atoms with van der Waals surface area (Å²) in [6.07, 6.45) is -1.31. The van der Waals surface area contributed by atoms with Crippen LogP contribution in [0.5, 0.6) is 0 Å². The molecule has 192 valence electrons. The Balaban J connectivity index is 1.42. The van der Waals surface area contributed by atoms with Gasteiger partial charge in [0.25, 0.3) is 6.43 Å². The van der Waals surface area contributed by atoms with Gasteiger partial charge in [0.1, 0.15) is 11.6 Å². The Morgan fingerprint density at radius 3 is 2.56 bits per heavy atom. The van der Waals surface area contributed by atoms with Crippen molar-refractivity contribution in [2.75, 3.05) is 57.2 Å². The molecule has 1 saturated carbocycles. The van der Waals surface area contributed by atoms with E-state index >= 15 is 0 Å². The fourth-order valence-electron chi connectivity index (χ4n) is 4.58. The molecule has 2 fully saturated rings. The van der Waals surface area contributed by atoms with Gasteiger partial charge in [-0.25, -0.2) is 13.8 Å². The van der Waals surface area contributed by atoms with Crippen molar-refractivity contribution in [3.05, 3.63) is 36.2 Å². The molecule has 1 saturated heterocycles. The van der Waals surface area contributed by atoms with E-state index in [4.69, 9.17) is 9.72 Å². The molecule has 36 heavy (non-hydrogen) atoms. The number of ether oxygens (including phenoxy) is 1. The predicted octanol–water partition coefficient (Wildman–Crippen LogP) is 2.21. The molecule has 0 atom stereocenters. The number of carbonyl (C=O) groups is 1. The SMILES string of the molecule is CN(C)CC(=O)NC1CC(Nc2nc(N3CCOCC3)cc(-n3c(C(F)F)nc4ccccc43)n2)C1. The molecule has 1 amide bonds. The van der Waals surface area contributed by atoms with Crippen LogP contribution < -0.4 is 15.5 Å². The van der Waals surface area contributed by atoms with Crippen molar-refractivity contribution < 1.29 is 18.3 Å². The van der Waals surface area contributed by atoms with E-state index in [1.54, 1.807) is 30.3 Å². The van der Waals surface area contributed by atoms with E-state index in [2.05, 4.69) is 25.5 Å². The summed E-state index contributed by atoms with van der Waals surface area (Å²) in [4.78, 5) is 29.4. The number of hydrogen-bond acceptors (Lipinski definition) is 8. The Labute approximate surface area is 207 Å². The second-order valence-corrected chi connectivity index (χ2v) is 9.42. The molecule has 1 aromatic carbocycles. The topological polar surface area (TPSA) is 100 Å². The number of morpholine rings is 1. The number of halogens is 2. The second-order valence-electron chi connectivity index (χ2n) is 9.42. The number of para-hydroxylation sites is 2. The molecule has 10 nitrogen and oxygen atoms in total. The number of imidazole rings is 1. The summed E-state index contributed by atoms with van der Waals surface area (Å²) in [5, 5.41) is 6.36. The van der Waals surface area contributed by atoms with Gasteiger partial charge < -0.3 is 25.2 Å². The van der Waals surface area contributed by atoms with Gasteiger partial charge in [0, 0.05) is 31.2 Å². The first-order valence-electron chi connectivity index (χ1n) is 12.1. The quantitative estimate of drug-likeness (QED) is 0.486. The molecule has 2 N–H and O–H groups in total. The summed E-state index contributed by atoms with van der Waals surface area (Å²) in [6.45, 7) is 2.76. The van der Waals surface area contributed by atoms with Crippen LogP contribution in [0.2, 0.25) is 0 Å². The monoisotopic (exact) mass is 500 g/mol. The van der Waals surface area contributed by atoms with Crippen LogP contribution in [0.15, 0.2) is 30.3 Å². The molecule has 2 aliphatic rings. The summed E-state index contributed by atoms with van der Waals surface area (Å²) in [7, 11) is 3.70. The number of hydrogen-bond donors (Lipinski definition) is 2. The third-order valence-corrected chi connectivity index (χ3v) is 6.34. The van der Waals surface area contributed by atoms with E-state index in [-0.39, 0.29) is 23.8 Å². The maximum absolute atomic E-state index is 14.0. The predicted molar refractivity (Wildman–Crippen MR) is 132 cm³/mol. The molecule has 0 unspecified atom stereocenters. The molecule has 12 heteroatoms. The van der Waals surface area contributed by atoms with Crippen molar-refractivity contribution in [3.63, 3.8) is 0 Å². The highest BCUT2D eigenvalue weighted by atomic mass is 19.3. The lowest BCUT2D eigenvalue weighted by Gasteiger charge is -2.36. The summed E-state index contributed by atoms with van der Waals surface area (Å²) < 4.78 is 34.9. The van der Waals surface area contributed by atoms with Crippen molar-refractivity contribution in [1.82, 2.24) is 29.7 Å². The van der Waals surface area contributed by atoms with Gasteiger partial charge in [-0.1, -0.05) is 12.1 Å². The summed E-state index contributed by atoms with van der Waals surface area (Å²) >= 11 is 0. The van der Waals surface area contributed by atoms with Gasteiger partial charge in [0.2, 0.25) is 11.9 Å². The normalized spacial score (nSPS) is 20.1. The van der Waals surface area contributed by atoms with Gasteiger partial charge in [0.15, 0.2) is 5.82 Å². The number of rotatable bonds is 8.